The monoisotopic (exact) mass is 306 g/mol. The Morgan fingerprint density at radius 3 is 0.810 bits per heavy atom. The normalized spacial score (nSPS) is 22.3. The van der Waals surface area contributed by atoms with Crippen LogP contribution in [0, 0.1) is 0 Å². The molecule has 5 nitrogen and oxygen atoms in total. The Hall–Kier alpha value is -0.200. The van der Waals surface area contributed by atoms with Crippen LogP contribution in [-0.2, 0) is 0 Å². The second kappa shape index (κ2) is 6.13. The van der Waals surface area contributed by atoms with Gasteiger partial charge < -0.3 is 25.5 Å². The van der Waals surface area contributed by atoms with E-state index in [1.165, 1.54) is 0 Å². The third-order valence-corrected chi connectivity index (χ3v) is 3.15. The largest absolute Gasteiger partial charge is 0.390 e. The lowest BCUT2D eigenvalue weighted by molar-refractivity contribution is -0.121. The minimum Gasteiger partial charge on any atom is -0.390 e. The Balaban J connectivity index is 4.83. The number of hydrogen-bond donors (Lipinski definition) is 5. The SMILES string of the molecule is CC(C)(O)CC(C)(O)CC(C)(O)CC(C)(O)CC(C)(C)O. The molecule has 0 aromatic heterocycles. The van der Waals surface area contributed by atoms with Gasteiger partial charge in [0.1, 0.15) is 0 Å². The maximum atomic E-state index is 10.5. The van der Waals surface area contributed by atoms with Gasteiger partial charge in [-0.15, -0.1) is 0 Å². The van der Waals surface area contributed by atoms with Crippen molar-refractivity contribution in [2.45, 2.75) is 102 Å². The third kappa shape index (κ3) is 11.1. The summed E-state index contributed by atoms with van der Waals surface area (Å²) in [5.41, 5.74) is -5.92. The smallest absolute Gasteiger partial charge is 0.0674 e. The molecule has 0 radical (unpaired) electrons. The summed E-state index contributed by atoms with van der Waals surface area (Å²) in [6.07, 6.45) is 0.269. The molecule has 21 heavy (non-hydrogen) atoms. The zero-order valence-electron chi connectivity index (χ0n) is 14.6. The summed E-state index contributed by atoms with van der Waals surface area (Å²) >= 11 is 0. The van der Waals surface area contributed by atoms with Gasteiger partial charge in [-0.2, -0.15) is 0 Å². The van der Waals surface area contributed by atoms with Crippen LogP contribution in [0.1, 0.15) is 74.1 Å². The predicted molar refractivity (Wildman–Crippen MR) is 82.9 cm³/mol. The summed E-state index contributed by atoms with van der Waals surface area (Å²) in [4.78, 5) is 0. The lowest BCUT2D eigenvalue weighted by Gasteiger charge is -2.40. The highest BCUT2D eigenvalue weighted by atomic mass is 16.3. The standard InChI is InChI=1S/C16H34O5/c1-12(2,17)8-14(5,19)10-16(7,21)11-15(6,20)9-13(3,4)18/h17-21H,8-11H2,1-7H3. The number of hydrogen-bond acceptors (Lipinski definition) is 5. The molecular weight excluding hydrogens is 272 g/mol. The van der Waals surface area contributed by atoms with Crippen LogP contribution in [0.25, 0.3) is 0 Å². The third-order valence-electron chi connectivity index (χ3n) is 3.15. The van der Waals surface area contributed by atoms with E-state index in [1.54, 1.807) is 48.5 Å². The first-order valence-corrected chi connectivity index (χ1v) is 7.45. The van der Waals surface area contributed by atoms with Crippen LogP contribution in [0.2, 0.25) is 0 Å². The van der Waals surface area contributed by atoms with Crippen LogP contribution >= 0.6 is 0 Å². The van der Waals surface area contributed by atoms with Crippen LogP contribution in [0.5, 0.6) is 0 Å². The van der Waals surface area contributed by atoms with E-state index >= 15 is 0 Å². The summed E-state index contributed by atoms with van der Waals surface area (Å²) in [6, 6.07) is 0. The van der Waals surface area contributed by atoms with E-state index in [9.17, 15) is 25.5 Å². The molecule has 0 aromatic rings. The molecule has 0 aromatic carbocycles. The first-order valence-electron chi connectivity index (χ1n) is 7.45. The van der Waals surface area contributed by atoms with Gasteiger partial charge >= 0.3 is 0 Å². The Labute approximate surface area is 128 Å². The van der Waals surface area contributed by atoms with Crippen molar-refractivity contribution in [1.82, 2.24) is 0 Å². The van der Waals surface area contributed by atoms with Crippen LogP contribution in [0.15, 0.2) is 0 Å². The maximum Gasteiger partial charge on any atom is 0.0674 e. The molecule has 0 aliphatic heterocycles. The summed E-state index contributed by atoms with van der Waals surface area (Å²) in [5, 5.41) is 50.8. The van der Waals surface area contributed by atoms with Gasteiger partial charge in [-0.1, -0.05) is 0 Å². The van der Waals surface area contributed by atoms with E-state index in [0.717, 1.165) is 0 Å². The van der Waals surface area contributed by atoms with Gasteiger partial charge in [0.25, 0.3) is 0 Å². The topological polar surface area (TPSA) is 101 Å². The van der Waals surface area contributed by atoms with E-state index < -0.39 is 28.0 Å². The summed E-state index contributed by atoms with van der Waals surface area (Å²) in [5.74, 6) is 0. The second-order valence-corrected chi connectivity index (χ2v) is 8.82. The van der Waals surface area contributed by atoms with Crippen molar-refractivity contribution >= 4 is 0 Å². The minimum atomic E-state index is -1.32. The Morgan fingerprint density at radius 1 is 0.429 bits per heavy atom. The fourth-order valence-electron chi connectivity index (χ4n) is 3.69. The van der Waals surface area contributed by atoms with Crippen molar-refractivity contribution < 1.29 is 25.5 Å². The van der Waals surface area contributed by atoms with Crippen molar-refractivity contribution in [3.05, 3.63) is 0 Å². The molecule has 0 saturated carbocycles. The molecule has 0 amide bonds. The zero-order valence-corrected chi connectivity index (χ0v) is 14.6. The molecule has 0 rings (SSSR count). The average molecular weight is 306 g/mol. The summed E-state index contributed by atoms with van der Waals surface area (Å²) in [6.45, 7) is 11.1. The first kappa shape index (κ1) is 20.8. The lowest BCUT2D eigenvalue weighted by Crippen LogP contribution is -2.47. The molecular formula is C16H34O5. The molecule has 128 valence electrons. The molecule has 0 aliphatic rings. The highest BCUT2D eigenvalue weighted by Crippen LogP contribution is 2.35. The Kier molecular flexibility index (Phi) is 6.07. The molecule has 0 aliphatic carbocycles. The van der Waals surface area contributed by atoms with Crippen molar-refractivity contribution in [3.63, 3.8) is 0 Å². The molecule has 0 saturated heterocycles. The van der Waals surface area contributed by atoms with E-state index in [1.807, 2.05) is 0 Å². The van der Waals surface area contributed by atoms with Gasteiger partial charge in [-0.25, -0.2) is 0 Å². The van der Waals surface area contributed by atoms with Crippen LogP contribution in [-0.4, -0.2) is 53.5 Å². The second-order valence-electron chi connectivity index (χ2n) is 8.82. The maximum absolute atomic E-state index is 10.5. The fourth-order valence-corrected chi connectivity index (χ4v) is 3.69. The van der Waals surface area contributed by atoms with Crippen LogP contribution < -0.4 is 0 Å². The van der Waals surface area contributed by atoms with Crippen LogP contribution in [0.4, 0.5) is 0 Å². The quantitative estimate of drug-likeness (QED) is 0.466. The fraction of sp³-hybridized carbons (Fsp3) is 1.00. The van der Waals surface area contributed by atoms with Crippen molar-refractivity contribution in [2.75, 3.05) is 0 Å². The van der Waals surface area contributed by atoms with Gasteiger partial charge in [0, 0.05) is 25.7 Å². The van der Waals surface area contributed by atoms with E-state index in [-0.39, 0.29) is 25.7 Å². The van der Waals surface area contributed by atoms with Crippen molar-refractivity contribution in [2.24, 2.45) is 0 Å². The van der Waals surface area contributed by atoms with Crippen LogP contribution in [0.3, 0.4) is 0 Å². The highest BCUT2D eigenvalue weighted by molar-refractivity contribution is 4.94. The Bertz CT molecular complexity index is 300. The predicted octanol–water partition coefficient (Wildman–Crippen LogP) is 1.34. The van der Waals surface area contributed by atoms with Crippen molar-refractivity contribution in [1.29, 1.82) is 0 Å². The van der Waals surface area contributed by atoms with Gasteiger partial charge in [-0.3, -0.25) is 0 Å². The van der Waals surface area contributed by atoms with Gasteiger partial charge in [0.2, 0.25) is 0 Å². The van der Waals surface area contributed by atoms with E-state index in [4.69, 9.17) is 0 Å². The molecule has 2 unspecified atom stereocenters. The molecule has 0 heterocycles. The van der Waals surface area contributed by atoms with E-state index in [2.05, 4.69) is 0 Å². The molecule has 0 spiro atoms. The molecule has 2 atom stereocenters. The average Bonchev–Trinajstić information content (AvgIpc) is 1.83. The first-order chi connectivity index (χ1) is 8.83. The molecule has 5 N–H and O–H groups in total. The number of rotatable bonds is 8. The summed E-state index contributed by atoms with van der Waals surface area (Å²) in [7, 11) is 0. The number of aliphatic hydroxyl groups is 5. The summed E-state index contributed by atoms with van der Waals surface area (Å²) < 4.78 is 0. The highest BCUT2D eigenvalue weighted by Gasteiger charge is 2.41. The molecule has 5 heteroatoms. The van der Waals surface area contributed by atoms with E-state index in [0.29, 0.717) is 0 Å². The zero-order chi connectivity index (χ0) is 17.3. The minimum absolute atomic E-state index is 0.0198. The van der Waals surface area contributed by atoms with Crippen molar-refractivity contribution in [3.8, 4) is 0 Å². The van der Waals surface area contributed by atoms with Gasteiger partial charge in [0.05, 0.1) is 28.0 Å². The molecule has 0 fully saturated rings. The van der Waals surface area contributed by atoms with Gasteiger partial charge in [0.15, 0.2) is 0 Å². The Morgan fingerprint density at radius 2 is 0.619 bits per heavy atom. The molecule has 0 bridgehead atoms. The lowest BCUT2D eigenvalue weighted by atomic mass is 9.76. The van der Waals surface area contributed by atoms with Gasteiger partial charge in [-0.05, 0) is 48.5 Å².